The van der Waals surface area contributed by atoms with Crippen molar-refractivity contribution in [3.63, 3.8) is 0 Å². The van der Waals surface area contributed by atoms with Crippen molar-refractivity contribution in [2.75, 3.05) is 12.0 Å². The van der Waals surface area contributed by atoms with Gasteiger partial charge in [-0.05, 0) is 80.2 Å². The van der Waals surface area contributed by atoms with Crippen LogP contribution in [0.25, 0.3) is 11.8 Å². The number of rotatable bonds is 4. The molecule has 1 N–H and O–H groups in total. The highest BCUT2D eigenvalue weighted by Gasteiger charge is 2.35. The number of hydrogen-bond acceptors (Lipinski definition) is 4. The molecule has 1 fully saturated rings. The average molecular weight is 466 g/mol. The molecule has 0 bridgehead atoms. The first-order chi connectivity index (χ1) is 15.3. The number of anilines is 1. The largest absolute Gasteiger partial charge is 0.497 e. The number of amides is 2. The van der Waals surface area contributed by atoms with Crippen LogP contribution in [0.3, 0.4) is 0 Å². The summed E-state index contributed by atoms with van der Waals surface area (Å²) in [5, 5.41) is 2.94. The van der Waals surface area contributed by atoms with Crippen LogP contribution in [0.5, 0.6) is 5.75 Å². The van der Waals surface area contributed by atoms with E-state index in [9.17, 15) is 9.59 Å². The third-order valence-electron chi connectivity index (χ3n) is 5.30. The zero-order valence-corrected chi connectivity index (χ0v) is 19.3. The van der Waals surface area contributed by atoms with Crippen molar-refractivity contribution < 1.29 is 14.3 Å². The molecule has 162 valence electrons. The van der Waals surface area contributed by atoms with Gasteiger partial charge in [0.1, 0.15) is 11.3 Å². The minimum Gasteiger partial charge on any atom is -0.497 e. The van der Waals surface area contributed by atoms with Crippen molar-refractivity contribution in [2.24, 2.45) is 0 Å². The molecule has 0 unspecified atom stereocenters. The molecule has 8 heteroatoms. The van der Waals surface area contributed by atoms with E-state index in [0.29, 0.717) is 10.7 Å². The van der Waals surface area contributed by atoms with Crippen molar-refractivity contribution in [3.8, 4) is 11.4 Å². The number of carbonyl (C=O) groups is 2. The van der Waals surface area contributed by atoms with Gasteiger partial charge in [-0.15, -0.1) is 0 Å². The van der Waals surface area contributed by atoms with Crippen LogP contribution in [0.1, 0.15) is 17.0 Å². The Bertz CT molecular complexity index is 1280. The van der Waals surface area contributed by atoms with E-state index in [2.05, 4.69) is 5.32 Å². The average Bonchev–Trinajstić information content (AvgIpc) is 3.05. The first-order valence-corrected chi connectivity index (χ1v) is 10.6. The number of benzene rings is 2. The molecule has 2 aromatic carbocycles. The Morgan fingerprint density at radius 3 is 2.41 bits per heavy atom. The predicted octanol–water partition coefficient (Wildman–Crippen LogP) is 4.59. The molecule has 1 aliphatic rings. The van der Waals surface area contributed by atoms with E-state index in [1.54, 1.807) is 37.5 Å². The fourth-order valence-corrected chi connectivity index (χ4v) is 4.22. The lowest BCUT2D eigenvalue weighted by Gasteiger charge is -2.29. The Morgan fingerprint density at radius 2 is 1.75 bits per heavy atom. The van der Waals surface area contributed by atoms with Gasteiger partial charge < -0.3 is 9.30 Å². The van der Waals surface area contributed by atoms with Crippen LogP contribution in [0.4, 0.5) is 5.69 Å². The number of aromatic nitrogens is 1. The van der Waals surface area contributed by atoms with E-state index < -0.39 is 11.8 Å². The van der Waals surface area contributed by atoms with Gasteiger partial charge in [0.25, 0.3) is 11.8 Å². The van der Waals surface area contributed by atoms with Crippen LogP contribution < -0.4 is 15.0 Å². The Labute approximate surface area is 196 Å². The highest BCUT2D eigenvalue weighted by Crippen LogP contribution is 2.30. The van der Waals surface area contributed by atoms with Gasteiger partial charge >= 0.3 is 0 Å². The first kappa shape index (κ1) is 21.8. The molecule has 0 spiro atoms. The smallest absolute Gasteiger partial charge is 0.270 e. The monoisotopic (exact) mass is 465 g/mol. The number of nitrogens with one attached hydrogen (secondary N) is 1. The van der Waals surface area contributed by atoms with E-state index in [1.807, 2.05) is 48.7 Å². The number of thiocarbonyl (C=S) groups is 1. The molecule has 2 amide bonds. The summed E-state index contributed by atoms with van der Waals surface area (Å²) in [5.41, 5.74) is 3.94. The molecular formula is C24H20ClN3O3S. The minimum atomic E-state index is -0.544. The Kier molecular flexibility index (Phi) is 5.86. The van der Waals surface area contributed by atoms with Crippen LogP contribution >= 0.6 is 23.8 Å². The van der Waals surface area contributed by atoms with Crippen molar-refractivity contribution in [3.05, 3.63) is 82.1 Å². The number of para-hydroxylation sites is 1. The van der Waals surface area contributed by atoms with Crippen molar-refractivity contribution in [1.29, 1.82) is 0 Å². The molecule has 0 aliphatic carbocycles. The highest BCUT2D eigenvalue weighted by atomic mass is 35.5. The number of nitrogens with zero attached hydrogens (tertiary/aromatic N) is 2. The van der Waals surface area contributed by atoms with Gasteiger partial charge in [0, 0.05) is 17.1 Å². The molecule has 0 atom stereocenters. The third kappa shape index (κ3) is 3.81. The maximum Gasteiger partial charge on any atom is 0.270 e. The van der Waals surface area contributed by atoms with Crippen molar-refractivity contribution in [1.82, 2.24) is 9.88 Å². The topological polar surface area (TPSA) is 63.6 Å². The summed E-state index contributed by atoms with van der Waals surface area (Å²) in [6.45, 7) is 3.90. The lowest BCUT2D eigenvalue weighted by molar-refractivity contribution is -0.122. The Hall–Kier alpha value is -3.42. The molecule has 0 saturated carbocycles. The minimum absolute atomic E-state index is 0.00560. The molecule has 32 heavy (non-hydrogen) atoms. The Balaban J connectivity index is 1.76. The molecule has 6 nitrogen and oxygen atoms in total. The molecule has 1 aliphatic heterocycles. The lowest BCUT2D eigenvalue weighted by atomic mass is 10.1. The standard InChI is InChI=1S/C24H20ClN3O3S/c1-14-12-16(15(2)27(14)17-8-10-18(31-3)11-9-17)13-19-22(29)26-24(32)28(23(19)30)21-7-5-4-6-20(21)25/h4-13H,1-3H3,(H,26,29,32)/b19-13+. The number of ether oxygens (including phenoxy) is 1. The van der Waals surface area contributed by atoms with Crippen LogP contribution in [0, 0.1) is 13.8 Å². The maximum absolute atomic E-state index is 13.3. The molecule has 2 heterocycles. The maximum atomic E-state index is 13.3. The number of halogens is 1. The second kappa shape index (κ2) is 8.61. The fraction of sp³-hybridized carbons (Fsp3) is 0.125. The number of aryl methyl sites for hydroxylation is 1. The van der Waals surface area contributed by atoms with Crippen LogP contribution in [0.2, 0.25) is 5.02 Å². The lowest BCUT2D eigenvalue weighted by Crippen LogP contribution is -2.54. The van der Waals surface area contributed by atoms with Crippen LogP contribution in [-0.4, -0.2) is 28.6 Å². The summed E-state index contributed by atoms with van der Waals surface area (Å²) in [4.78, 5) is 27.2. The summed E-state index contributed by atoms with van der Waals surface area (Å²) < 4.78 is 7.28. The van der Waals surface area contributed by atoms with Crippen molar-refractivity contribution >= 4 is 52.5 Å². The SMILES string of the molecule is COc1ccc(-n2c(C)cc(/C=C3\C(=O)NC(=S)N(c4ccccc4Cl)C3=O)c2C)cc1. The molecule has 1 saturated heterocycles. The van der Waals surface area contributed by atoms with E-state index in [4.69, 9.17) is 28.6 Å². The summed E-state index contributed by atoms with van der Waals surface area (Å²) in [6, 6.07) is 16.4. The normalized spacial score (nSPS) is 15.3. The zero-order valence-electron chi connectivity index (χ0n) is 17.7. The summed E-state index contributed by atoms with van der Waals surface area (Å²) in [5.74, 6) is -0.308. The van der Waals surface area contributed by atoms with Gasteiger partial charge in [-0.1, -0.05) is 23.7 Å². The molecular weight excluding hydrogens is 446 g/mol. The molecule has 3 aromatic rings. The quantitative estimate of drug-likeness (QED) is 0.348. The van der Waals surface area contributed by atoms with Gasteiger partial charge in [-0.25, -0.2) is 0 Å². The molecule has 0 radical (unpaired) electrons. The Morgan fingerprint density at radius 1 is 1.06 bits per heavy atom. The number of carbonyl (C=O) groups excluding carboxylic acids is 2. The van der Waals surface area contributed by atoms with E-state index in [1.165, 1.54) is 4.90 Å². The third-order valence-corrected chi connectivity index (χ3v) is 5.90. The van der Waals surface area contributed by atoms with Gasteiger partial charge in [0.15, 0.2) is 5.11 Å². The predicted molar refractivity (Wildman–Crippen MR) is 129 cm³/mol. The number of methoxy groups -OCH3 is 1. The van der Waals surface area contributed by atoms with E-state index in [0.717, 1.165) is 28.4 Å². The summed E-state index contributed by atoms with van der Waals surface area (Å²) >= 11 is 11.5. The van der Waals surface area contributed by atoms with Gasteiger partial charge in [0.05, 0.1) is 17.8 Å². The van der Waals surface area contributed by atoms with Crippen molar-refractivity contribution in [2.45, 2.75) is 13.8 Å². The van der Waals surface area contributed by atoms with Crippen LogP contribution in [-0.2, 0) is 9.59 Å². The summed E-state index contributed by atoms with van der Waals surface area (Å²) in [7, 11) is 1.62. The van der Waals surface area contributed by atoms with Gasteiger partial charge in [-0.2, -0.15) is 0 Å². The second-order valence-electron chi connectivity index (χ2n) is 7.27. The van der Waals surface area contributed by atoms with E-state index in [-0.39, 0.29) is 10.7 Å². The molecule has 1 aromatic heterocycles. The second-order valence-corrected chi connectivity index (χ2v) is 8.06. The first-order valence-electron chi connectivity index (χ1n) is 9.81. The fourth-order valence-electron chi connectivity index (χ4n) is 3.73. The zero-order chi connectivity index (χ0) is 23.0. The van der Waals surface area contributed by atoms with Crippen LogP contribution in [0.15, 0.2) is 60.2 Å². The number of hydrogen-bond donors (Lipinski definition) is 1. The summed E-state index contributed by atoms with van der Waals surface area (Å²) in [6.07, 6.45) is 1.59. The van der Waals surface area contributed by atoms with E-state index >= 15 is 0 Å². The molecule has 4 rings (SSSR count). The van der Waals surface area contributed by atoms with Gasteiger partial charge in [-0.3, -0.25) is 19.8 Å². The highest BCUT2D eigenvalue weighted by molar-refractivity contribution is 7.80. The van der Waals surface area contributed by atoms with Gasteiger partial charge in [0.2, 0.25) is 0 Å².